The van der Waals surface area contributed by atoms with Crippen LogP contribution in [0.2, 0.25) is 0 Å². The van der Waals surface area contributed by atoms with Crippen molar-refractivity contribution in [2.75, 3.05) is 20.8 Å². The Bertz CT molecular complexity index is 751. The molecule has 0 heterocycles. The van der Waals surface area contributed by atoms with Gasteiger partial charge >= 0.3 is 5.97 Å². The molecule has 4 aliphatic carbocycles. The lowest BCUT2D eigenvalue weighted by atomic mass is 9.67. The van der Waals surface area contributed by atoms with Crippen molar-refractivity contribution in [2.24, 2.45) is 23.2 Å². The SMILES string of the molecule is COC(=O)C12C3C(=C(C)C)C(CCC31OC)[C@@H]2CCOCc1ccccc1. The van der Waals surface area contributed by atoms with Gasteiger partial charge in [-0.15, -0.1) is 0 Å². The molecule has 4 unspecified atom stereocenters. The van der Waals surface area contributed by atoms with Gasteiger partial charge in [0.2, 0.25) is 0 Å². The summed E-state index contributed by atoms with van der Waals surface area (Å²) in [7, 11) is 3.27. The summed E-state index contributed by atoms with van der Waals surface area (Å²) in [6.45, 7) is 5.60. The average molecular weight is 370 g/mol. The summed E-state index contributed by atoms with van der Waals surface area (Å²) in [4.78, 5) is 13.0. The maximum atomic E-state index is 13.0. The number of benzene rings is 1. The van der Waals surface area contributed by atoms with E-state index in [-0.39, 0.29) is 23.4 Å². The zero-order valence-electron chi connectivity index (χ0n) is 16.8. The van der Waals surface area contributed by atoms with Crippen molar-refractivity contribution in [3.63, 3.8) is 0 Å². The van der Waals surface area contributed by atoms with Gasteiger partial charge in [0.05, 0.1) is 19.3 Å². The molecule has 0 aliphatic heterocycles. The fourth-order valence-electron chi connectivity index (χ4n) is 6.44. The molecule has 1 aromatic rings. The fourth-order valence-corrected chi connectivity index (χ4v) is 6.44. The van der Waals surface area contributed by atoms with Crippen LogP contribution in [0, 0.1) is 23.2 Å². The largest absolute Gasteiger partial charge is 0.468 e. The molecule has 4 bridgehead atoms. The molecule has 4 heteroatoms. The number of carbonyl (C=O) groups is 1. The van der Waals surface area contributed by atoms with Crippen LogP contribution in [0.25, 0.3) is 0 Å². The monoisotopic (exact) mass is 370 g/mol. The average Bonchev–Trinajstić information content (AvgIpc) is 3.23. The van der Waals surface area contributed by atoms with Gasteiger partial charge < -0.3 is 14.2 Å². The van der Waals surface area contributed by atoms with E-state index in [1.54, 1.807) is 7.11 Å². The molecule has 0 radical (unpaired) electrons. The minimum absolute atomic E-state index is 0.0941. The van der Waals surface area contributed by atoms with E-state index in [1.165, 1.54) is 23.8 Å². The van der Waals surface area contributed by atoms with Crippen LogP contribution in [0.4, 0.5) is 0 Å². The highest BCUT2D eigenvalue weighted by Crippen LogP contribution is 2.84. The normalized spacial score (nSPS) is 35.9. The van der Waals surface area contributed by atoms with Crippen molar-refractivity contribution >= 4 is 5.97 Å². The molecule has 146 valence electrons. The van der Waals surface area contributed by atoms with Gasteiger partial charge in [-0.2, -0.15) is 0 Å². The van der Waals surface area contributed by atoms with Gasteiger partial charge in [0, 0.05) is 19.6 Å². The maximum absolute atomic E-state index is 13.0. The Morgan fingerprint density at radius 3 is 2.56 bits per heavy atom. The molecular formula is C23H30O4. The highest BCUT2D eigenvalue weighted by molar-refractivity contribution is 5.88. The standard InChI is InChI=1S/C23H30O4/c1-15(2)19-17-10-12-22(26-4)20(19)23(22,21(24)25-3)18(17)11-13-27-14-16-8-6-5-7-9-16/h5-9,17-18,20H,10-14H2,1-4H3/t17?,18-,20?,22?,23?/m0/s1. The Morgan fingerprint density at radius 2 is 1.93 bits per heavy atom. The van der Waals surface area contributed by atoms with Crippen molar-refractivity contribution in [2.45, 2.75) is 45.3 Å². The Hall–Kier alpha value is -1.65. The van der Waals surface area contributed by atoms with E-state index < -0.39 is 5.41 Å². The molecule has 4 fully saturated rings. The van der Waals surface area contributed by atoms with Crippen LogP contribution < -0.4 is 0 Å². The van der Waals surface area contributed by atoms with Crippen LogP contribution in [0.5, 0.6) is 0 Å². The van der Waals surface area contributed by atoms with E-state index >= 15 is 0 Å². The van der Waals surface area contributed by atoms with Crippen LogP contribution >= 0.6 is 0 Å². The first-order valence-electron chi connectivity index (χ1n) is 9.97. The van der Waals surface area contributed by atoms with Crippen molar-refractivity contribution in [3.8, 4) is 0 Å². The van der Waals surface area contributed by atoms with E-state index in [4.69, 9.17) is 14.2 Å². The smallest absolute Gasteiger partial charge is 0.315 e. The number of rotatable bonds is 7. The lowest BCUT2D eigenvalue weighted by molar-refractivity contribution is -0.158. The summed E-state index contributed by atoms with van der Waals surface area (Å²) in [6, 6.07) is 10.2. The highest BCUT2D eigenvalue weighted by atomic mass is 16.5. The number of allylic oxidation sites excluding steroid dienone is 1. The summed E-state index contributed by atoms with van der Waals surface area (Å²) in [5.41, 5.74) is 3.08. The first-order chi connectivity index (χ1) is 13.0. The number of hydrogen-bond donors (Lipinski definition) is 0. The first-order valence-corrected chi connectivity index (χ1v) is 9.97. The van der Waals surface area contributed by atoms with E-state index in [0.29, 0.717) is 19.1 Å². The van der Waals surface area contributed by atoms with Crippen molar-refractivity contribution < 1.29 is 19.0 Å². The lowest BCUT2D eigenvalue weighted by Gasteiger charge is -2.41. The van der Waals surface area contributed by atoms with Gasteiger partial charge in [-0.25, -0.2) is 0 Å². The third kappa shape index (κ3) is 2.39. The number of carbonyl (C=O) groups excluding carboxylic acids is 1. The summed E-state index contributed by atoms with van der Waals surface area (Å²) in [5.74, 6) is 0.787. The van der Waals surface area contributed by atoms with E-state index in [0.717, 1.165) is 19.3 Å². The Labute approximate surface area is 161 Å². The predicted molar refractivity (Wildman–Crippen MR) is 103 cm³/mol. The number of methoxy groups -OCH3 is 2. The Morgan fingerprint density at radius 1 is 1.19 bits per heavy atom. The third-order valence-electron chi connectivity index (χ3n) is 7.30. The van der Waals surface area contributed by atoms with Crippen LogP contribution in [-0.2, 0) is 25.6 Å². The minimum atomic E-state index is -0.512. The molecule has 27 heavy (non-hydrogen) atoms. The molecule has 4 nitrogen and oxygen atoms in total. The molecule has 0 aromatic heterocycles. The number of hydrogen-bond acceptors (Lipinski definition) is 4. The van der Waals surface area contributed by atoms with Gasteiger partial charge in [-0.3, -0.25) is 4.79 Å². The number of fused-ring (bicyclic) bond motifs is 1. The Balaban J connectivity index is 1.54. The predicted octanol–water partition coefficient (Wildman–Crippen LogP) is 4.14. The number of ether oxygens (including phenoxy) is 3. The van der Waals surface area contributed by atoms with Gasteiger partial charge in [0.1, 0.15) is 5.41 Å². The summed E-state index contributed by atoms with van der Waals surface area (Å²) in [6.07, 6.45) is 2.91. The van der Waals surface area contributed by atoms with Crippen molar-refractivity contribution in [3.05, 3.63) is 47.0 Å². The third-order valence-corrected chi connectivity index (χ3v) is 7.30. The molecule has 5 rings (SSSR count). The van der Waals surface area contributed by atoms with Crippen molar-refractivity contribution in [1.82, 2.24) is 0 Å². The number of esters is 1. The van der Waals surface area contributed by atoms with Gasteiger partial charge in [-0.1, -0.05) is 41.5 Å². The van der Waals surface area contributed by atoms with Crippen LogP contribution in [0.1, 0.15) is 38.7 Å². The quantitative estimate of drug-likeness (QED) is 0.411. The molecular weight excluding hydrogens is 340 g/mol. The van der Waals surface area contributed by atoms with E-state index in [1.807, 2.05) is 18.2 Å². The first kappa shape index (κ1) is 18.7. The van der Waals surface area contributed by atoms with Gasteiger partial charge in [0.25, 0.3) is 0 Å². The highest BCUT2D eigenvalue weighted by Gasteiger charge is 2.91. The molecule has 0 amide bonds. The molecule has 0 saturated heterocycles. The molecule has 0 N–H and O–H groups in total. The van der Waals surface area contributed by atoms with Crippen molar-refractivity contribution in [1.29, 1.82) is 0 Å². The molecule has 0 spiro atoms. The van der Waals surface area contributed by atoms with Crippen LogP contribution in [-0.4, -0.2) is 32.4 Å². The van der Waals surface area contributed by atoms with E-state index in [2.05, 4.69) is 26.0 Å². The lowest BCUT2D eigenvalue weighted by Crippen LogP contribution is -2.44. The Kier molecular flexibility index (Phi) is 4.68. The van der Waals surface area contributed by atoms with Crippen LogP contribution in [0.15, 0.2) is 41.5 Å². The topological polar surface area (TPSA) is 44.8 Å². The van der Waals surface area contributed by atoms with Gasteiger partial charge in [0.15, 0.2) is 0 Å². The second-order valence-electron chi connectivity index (χ2n) is 8.42. The summed E-state index contributed by atoms with van der Waals surface area (Å²) in [5, 5.41) is 0. The van der Waals surface area contributed by atoms with E-state index in [9.17, 15) is 4.79 Å². The zero-order valence-corrected chi connectivity index (χ0v) is 16.8. The second-order valence-corrected chi connectivity index (χ2v) is 8.42. The molecule has 1 aromatic carbocycles. The summed E-state index contributed by atoms with van der Waals surface area (Å²) >= 11 is 0. The summed E-state index contributed by atoms with van der Waals surface area (Å²) < 4.78 is 17.3. The molecule has 4 aliphatic rings. The second kappa shape index (κ2) is 6.75. The minimum Gasteiger partial charge on any atom is -0.468 e. The fraction of sp³-hybridized carbons (Fsp3) is 0.609. The molecule has 5 atom stereocenters. The molecule has 4 saturated carbocycles. The van der Waals surface area contributed by atoms with Gasteiger partial charge in [-0.05, 0) is 50.5 Å². The van der Waals surface area contributed by atoms with Crippen LogP contribution in [0.3, 0.4) is 0 Å². The maximum Gasteiger partial charge on any atom is 0.315 e. The zero-order chi connectivity index (χ0) is 19.2.